The lowest BCUT2D eigenvalue weighted by Crippen LogP contribution is -2.20. The van der Waals surface area contributed by atoms with Crippen LogP contribution in [0.15, 0.2) is 10.2 Å². The first-order chi connectivity index (χ1) is 4.70. The molecule has 0 atom stereocenters. The third-order valence-electron chi connectivity index (χ3n) is 0.966. The molecule has 0 fully saturated rings. The maximum atomic E-state index is 5.04. The fourth-order valence-electron chi connectivity index (χ4n) is 0.605. The highest BCUT2D eigenvalue weighted by Crippen LogP contribution is 1.98. The second-order valence-electron chi connectivity index (χ2n) is 2.44. The Morgan fingerprint density at radius 3 is 2.60 bits per heavy atom. The molecule has 0 aromatic heterocycles. The first-order valence-electron chi connectivity index (χ1n) is 3.19. The predicted octanol–water partition coefficient (Wildman–Crippen LogP) is 0.510. The summed E-state index contributed by atoms with van der Waals surface area (Å²) in [5, 5.41) is 6.94. The molecule has 0 unspecified atom stereocenters. The van der Waals surface area contributed by atoms with Crippen molar-refractivity contribution in [3.8, 4) is 0 Å². The van der Waals surface area contributed by atoms with Gasteiger partial charge in [0.05, 0.1) is 0 Å². The smallest absolute Gasteiger partial charge is 0.142 e. The lowest BCUT2D eigenvalue weighted by molar-refractivity contribution is 0.668. The van der Waals surface area contributed by atoms with Gasteiger partial charge in [0.15, 0.2) is 0 Å². The minimum Gasteiger partial charge on any atom is -0.322 e. The summed E-state index contributed by atoms with van der Waals surface area (Å²) in [4.78, 5) is 0. The molecule has 0 amide bonds. The Bertz CT molecular complexity index is 128. The van der Waals surface area contributed by atoms with Gasteiger partial charge >= 0.3 is 0 Å². The summed E-state index contributed by atoms with van der Waals surface area (Å²) in [6.45, 7) is 7.42. The number of nitrogens with zero attached hydrogens (tertiary/aromatic N) is 2. The molecule has 0 aromatic carbocycles. The molecule has 0 aliphatic heterocycles. The van der Waals surface area contributed by atoms with Crippen LogP contribution in [-0.4, -0.2) is 12.6 Å². The fourth-order valence-corrected chi connectivity index (χ4v) is 0.605. The molecule has 0 radical (unpaired) electrons. The average molecular weight is 142 g/mol. The number of nitrogens with two attached hydrogens (primary N) is 1. The summed E-state index contributed by atoms with van der Waals surface area (Å²) < 4.78 is 0. The number of hydrogen-bond acceptors (Lipinski definition) is 3. The van der Waals surface area contributed by atoms with Crippen molar-refractivity contribution in [1.29, 1.82) is 0 Å². The fraction of sp³-hybridized carbons (Fsp3) is 0.667. The topological polar surface area (TPSA) is 62.8 Å². The van der Waals surface area contributed by atoms with Crippen LogP contribution >= 0.6 is 0 Å². The summed E-state index contributed by atoms with van der Waals surface area (Å²) in [6.07, 6.45) is 0.801. The van der Waals surface area contributed by atoms with E-state index in [2.05, 4.69) is 36.2 Å². The predicted molar refractivity (Wildman–Crippen MR) is 43.8 cm³/mol. The van der Waals surface area contributed by atoms with Crippen molar-refractivity contribution >= 4 is 12.6 Å². The number of rotatable bonds is 3. The normalized spacial score (nSPS) is 11.7. The second kappa shape index (κ2) is 4.78. The molecule has 10 heavy (non-hydrogen) atoms. The quantitative estimate of drug-likeness (QED) is 0.261. The largest absolute Gasteiger partial charge is 0.322 e. The van der Waals surface area contributed by atoms with Gasteiger partial charge < -0.3 is 5.84 Å². The minimum absolute atomic E-state index is 0.525. The van der Waals surface area contributed by atoms with E-state index in [0.29, 0.717) is 11.8 Å². The van der Waals surface area contributed by atoms with Crippen LogP contribution in [-0.2, 0) is 0 Å². The molecule has 0 heterocycles. The van der Waals surface area contributed by atoms with E-state index >= 15 is 0 Å². The van der Waals surface area contributed by atoms with Crippen molar-refractivity contribution < 1.29 is 0 Å². The highest BCUT2D eigenvalue weighted by molar-refractivity contribution is 5.81. The van der Waals surface area contributed by atoms with Crippen LogP contribution in [0.2, 0.25) is 0 Å². The standard InChI is InChI=1S/C6H14N4/c1-5(2)4-6(9-7)10-8-3/h5H,3-4,7H2,1-2H3,(H,9,10). The van der Waals surface area contributed by atoms with E-state index in [9.17, 15) is 0 Å². The molecule has 0 aromatic rings. The Hall–Kier alpha value is -1.06. The maximum absolute atomic E-state index is 5.04. The molecule has 58 valence electrons. The highest BCUT2D eigenvalue weighted by Gasteiger charge is 1.99. The van der Waals surface area contributed by atoms with E-state index in [1.54, 1.807) is 0 Å². The number of hydrogen-bond donors (Lipinski definition) is 2. The van der Waals surface area contributed by atoms with E-state index < -0.39 is 0 Å². The molecule has 0 rings (SSSR count). The molecule has 4 nitrogen and oxygen atoms in total. The van der Waals surface area contributed by atoms with Crippen molar-refractivity contribution in [3.05, 3.63) is 0 Å². The van der Waals surface area contributed by atoms with Crippen molar-refractivity contribution in [1.82, 2.24) is 5.43 Å². The molecule has 0 saturated carbocycles. The third kappa shape index (κ3) is 3.88. The van der Waals surface area contributed by atoms with Gasteiger partial charge in [0.25, 0.3) is 0 Å². The SMILES string of the molecule is C=NNC(CC(C)C)=NN. The van der Waals surface area contributed by atoms with Gasteiger partial charge in [0, 0.05) is 13.1 Å². The van der Waals surface area contributed by atoms with Gasteiger partial charge in [0.1, 0.15) is 5.84 Å². The first-order valence-corrected chi connectivity index (χ1v) is 3.19. The van der Waals surface area contributed by atoms with Crippen LogP contribution in [0.4, 0.5) is 0 Å². The Morgan fingerprint density at radius 2 is 2.30 bits per heavy atom. The van der Waals surface area contributed by atoms with E-state index in [4.69, 9.17) is 5.84 Å². The Kier molecular flexibility index (Phi) is 4.28. The number of amidine groups is 1. The summed E-state index contributed by atoms with van der Waals surface area (Å²) in [5.74, 6) is 6.24. The Morgan fingerprint density at radius 1 is 1.70 bits per heavy atom. The minimum atomic E-state index is 0.525. The summed E-state index contributed by atoms with van der Waals surface area (Å²) in [7, 11) is 0. The third-order valence-corrected chi connectivity index (χ3v) is 0.966. The molecule has 3 N–H and O–H groups in total. The van der Waals surface area contributed by atoms with Crippen LogP contribution < -0.4 is 11.3 Å². The Balaban J connectivity index is 3.73. The molecule has 0 bridgehead atoms. The van der Waals surface area contributed by atoms with Crippen molar-refractivity contribution in [2.75, 3.05) is 0 Å². The maximum Gasteiger partial charge on any atom is 0.142 e. The lowest BCUT2D eigenvalue weighted by Gasteiger charge is -2.05. The first kappa shape index (κ1) is 8.94. The Labute approximate surface area is 61.2 Å². The average Bonchev–Trinajstić information content (AvgIpc) is 1.86. The summed E-state index contributed by atoms with van der Waals surface area (Å²) in [6, 6.07) is 0. The zero-order chi connectivity index (χ0) is 7.98. The summed E-state index contributed by atoms with van der Waals surface area (Å²) in [5.41, 5.74) is 2.60. The van der Waals surface area contributed by atoms with Gasteiger partial charge in [0.2, 0.25) is 0 Å². The molecule has 0 aliphatic rings. The van der Waals surface area contributed by atoms with Gasteiger partial charge in [-0.3, -0.25) is 5.43 Å². The van der Waals surface area contributed by atoms with Gasteiger partial charge in [-0.1, -0.05) is 13.8 Å². The van der Waals surface area contributed by atoms with E-state index in [1.165, 1.54) is 0 Å². The zero-order valence-corrected chi connectivity index (χ0v) is 6.46. The molecule has 0 spiro atoms. The van der Waals surface area contributed by atoms with Gasteiger partial charge in [-0.25, -0.2) is 0 Å². The van der Waals surface area contributed by atoms with Crippen molar-refractivity contribution in [2.24, 2.45) is 22.0 Å². The van der Waals surface area contributed by atoms with Gasteiger partial charge in [-0.2, -0.15) is 10.2 Å². The molecular weight excluding hydrogens is 128 g/mol. The van der Waals surface area contributed by atoms with E-state index in [1.807, 2.05) is 0 Å². The number of nitrogens with one attached hydrogen (secondary N) is 1. The monoisotopic (exact) mass is 142 g/mol. The van der Waals surface area contributed by atoms with Gasteiger partial charge in [-0.05, 0) is 5.92 Å². The van der Waals surface area contributed by atoms with Gasteiger partial charge in [-0.15, -0.1) is 0 Å². The molecule has 0 aliphatic carbocycles. The number of hydrazone groups is 2. The zero-order valence-electron chi connectivity index (χ0n) is 6.46. The second-order valence-corrected chi connectivity index (χ2v) is 2.44. The van der Waals surface area contributed by atoms with Crippen molar-refractivity contribution in [3.63, 3.8) is 0 Å². The van der Waals surface area contributed by atoms with Crippen LogP contribution in [0.5, 0.6) is 0 Å². The van der Waals surface area contributed by atoms with E-state index in [0.717, 1.165) is 6.42 Å². The van der Waals surface area contributed by atoms with Crippen LogP contribution in [0.3, 0.4) is 0 Å². The summed E-state index contributed by atoms with van der Waals surface area (Å²) >= 11 is 0. The molecular formula is C6H14N4. The van der Waals surface area contributed by atoms with Crippen LogP contribution in [0, 0.1) is 5.92 Å². The van der Waals surface area contributed by atoms with Crippen LogP contribution in [0.1, 0.15) is 20.3 Å². The van der Waals surface area contributed by atoms with E-state index in [-0.39, 0.29) is 0 Å². The van der Waals surface area contributed by atoms with Crippen molar-refractivity contribution in [2.45, 2.75) is 20.3 Å². The molecule has 0 saturated heterocycles. The lowest BCUT2D eigenvalue weighted by atomic mass is 10.1. The molecule has 4 heteroatoms. The highest BCUT2D eigenvalue weighted by atomic mass is 15.3. The van der Waals surface area contributed by atoms with Crippen LogP contribution in [0.25, 0.3) is 0 Å².